The number of Topliss-reactive ketones (excluding diaryl/α,β-unsaturated/α-hetero) is 1. The zero-order valence-electron chi connectivity index (χ0n) is 15.5. The van der Waals surface area contributed by atoms with Gasteiger partial charge < -0.3 is 9.54 Å². The average molecular weight is 397 g/mol. The number of aromatic nitrogens is 1. The summed E-state index contributed by atoms with van der Waals surface area (Å²) in [6.07, 6.45) is 6.20. The Morgan fingerprint density at radius 2 is 1.86 bits per heavy atom. The lowest BCUT2D eigenvalue weighted by Gasteiger charge is -2.13. The van der Waals surface area contributed by atoms with Crippen molar-refractivity contribution in [2.45, 2.75) is 43.8 Å². The molecule has 1 unspecified atom stereocenters. The first-order valence-corrected chi connectivity index (χ1v) is 10.9. The summed E-state index contributed by atoms with van der Waals surface area (Å²) in [5, 5.41) is 0. The summed E-state index contributed by atoms with van der Waals surface area (Å²) in [6, 6.07) is 11.3. The van der Waals surface area contributed by atoms with Crippen molar-refractivity contribution in [3.05, 3.63) is 75.2 Å². The average Bonchev–Trinajstić information content (AvgIpc) is 3.41. The van der Waals surface area contributed by atoms with Gasteiger partial charge in [-0.2, -0.15) is 0 Å². The van der Waals surface area contributed by atoms with Gasteiger partial charge in [-0.05, 0) is 48.3 Å². The van der Waals surface area contributed by atoms with Crippen LogP contribution in [0.15, 0.2) is 47.3 Å². The van der Waals surface area contributed by atoms with E-state index in [2.05, 4.69) is 11.1 Å². The SMILES string of the molecule is O=C1CC[C@H](/C=C(\c2ccc(CS(=O)O)cc2)c2ccc(C3CC3)c(=O)[nH]2)C1. The van der Waals surface area contributed by atoms with E-state index in [9.17, 15) is 13.8 Å². The second-order valence-electron chi connectivity index (χ2n) is 7.72. The number of nitrogens with one attached hydrogen (secondary N) is 1. The highest BCUT2D eigenvalue weighted by molar-refractivity contribution is 7.78. The molecule has 1 aromatic carbocycles. The van der Waals surface area contributed by atoms with E-state index in [0.717, 1.165) is 47.2 Å². The number of pyridine rings is 1. The molecular weight excluding hydrogens is 374 g/mol. The first-order chi connectivity index (χ1) is 13.5. The van der Waals surface area contributed by atoms with Crippen LogP contribution in [-0.4, -0.2) is 19.5 Å². The van der Waals surface area contributed by atoms with E-state index in [1.807, 2.05) is 36.4 Å². The smallest absolute Gasteiger partial charge is 0.251 e. The van der Waals surface area contributed by atoms with E-state index < -0.39 is 11.1 Å². The van der Waals surface area contributed by atoms with Crippen molar-refractivity contribution in [1.82, 2.24) is 4.98 Å². The second-order valence-corrected chi connectivity index (χ2v) is 8.65. The monoisotopic (exact) mass is 397 g/mol. The van der Waals surface area contributed by atoms with Gasteiger partial charge in [0.05, 0.1) is 5.75 Å². The topological polar surface area (TPSA) is 87.2 Å². The summed E-state index contributed by atoms with van der Waals surface area (Å²) < 4.78 is 20.1. The van der Waals surface area contributed by atoms with E-state index >= 15 is 0 Å². The van der Waals surface area contributed by atoms with Crippen LogP contribution < -0.4 is 5.56 Å². The third-order valence-corrected chi connectivity index (χ3v) is 6.07. The van der Waals surface area contributed by atoms with E-state index in [1.54, 1.807) is 0 Å². The molecule has 0 radical (unpaired) electrons. The number of aromatic amines is 1. The molecule has 6 heteroatoms. The molecule has 0 amide bonds. The molecule has 1 aromatic heterocycles. The maximum atomic E-state index is 12.5. The molecule has 2 aromatic rings. The lowest BCUT2D eigenvalue weighted by atomic mass is 9.95. The summed E-state index contributed by atoms with van der Waals surface area (Å²) in [4.78, 5) is 27.3. The minimum atomic E-state index is -1.88. The molecule has 2 saturated carbocycles. The maximum absolute atomic E-state index is 12.5. The Labute approximate surface area is 166 Å². The van der Waals surface area contributed by atoms with Crippen LogP contribution >= 0.6 is 0 Å². The van der Waals surface area contributed by atoms with E-state index in [1.165, 1.54) is 0 Å². The normalized spacial score (nSPS) is 21.1. The number of hydrogen-bond donors (Lipinski definition) is 2. The van der Waals surface area contributed by atoms with Crippen molar-refractivity contribution < 1.29 is 13.6 Å². The van der Waals surface area contributed by atoms with Crippen molar-refractivity contribution in [1.29, 1.82) is 0 Å². The number of H-pyrrole nitrogens is 1. The highest BCUT2D eigenvalue weighted by atomic mass is 32.2. The summed E-state index contributed by atoms with van der Waals surface area (Å²) >= 11 is -1.88. The first-order valence-electron chi connectivity index (χ1n) is 9.63. The molecule has 4 rings (SSSR count). The van der Waals surface area contributed by atoms with Crippen LogP contribution in [0.2, 0.25) is 0 Å². The summed E-state index contributed by atoms with van der Waals surface area (Å²) in [5.41, 5.74) is 4.14. The number of allylic oxidation sites excluding steroid dienone is 1. The lowest BCUT2D eigenvalue weighted by molar-refractivity contribution is -0.117. The zero-order valence-corrected chi connectivity index (χ0v) is 16.3. The number of carbonyl (C=O) groups is 1. The minimum absolute atomic E-state index is 0.0410. The van der Waals surface area contributed by atoms with Crippen molar-refractivity contribution in [3.63, 3.8) is 0 Å². The van der Waals surface area contributed by atoms with Crippen molar-refractivity contribution in [2.24, 2.45) is 5.92 Å². The molecule has 0 spiro atoms. The van der Waals surface area contributed by atoms with Crippen molar-refractivity contribution in [2.75, 3.05) is 0 Å². The Morgan fingerprint density at radius 3 is 2.43 bits per heavy atom. The van der Waals surface area contributed by atoms with Crippen LogP contribution in [0.4, 0.5) is 0 Å². The summed E-state index contributed by atoms with van der Waals surface area (Å²) in [5.74, 6) is 0.914. The Balaban J connectivity index is 1.70. The van der Waals surface area contributed by atoms with Gasteiger partial charge in [0, 0.05) is 29.7 Å². The van der Waals surface area contributed by atoms with Crippen molar-refractivity contribution >= 4 is 22.4 Å². The number of ketones is 1. The van der Waals surface area contributed by atoms with Gasteiger partial charge in [-0.25, -0.2) is 4.21 Å². The van der Waals surface area contributed by atoms with Gasteiger partial charge in [0.2, 0.25) is 0 Å². The molecule has 0 aliphatic heterocycles. The molecule has 2 N–H and O–H groups in total. The Hall–Kier alpha value is -2.31. The molecule has 2 fully saturated rings. The predicted octanol–water partition coefficient (Wildman–Crippen LogP) is 3.77. The molecule has 2 aliphatic rings. The molecule has 1 heterocycles. The predicted molar refractivity (Wildman–Crippen MR) is 109 cm³/mol. The van der Waals surface area contributed by atoms with Gasteiger partial charge in [-0.1, -0.05) is 36.4 Å². The van der Waals surface area contributed by atoms with Gasteiger partial charge in [0.25, 0.3) is 5.56 Å². The highest BCUT2D eigenvalue weighted by Gasteiger charge is 2.26. The van der Waals surface area contributed by atoms with Crippen LogP contribution in [-0.2, 0) is 21.6 Å². The van der Waals surface area contributed by atoms with Gasteiger partial charge >= 0.3 is 0 Å². The number of hydrogen-bond acceptors (Lipinski definition) is 3. The fourth-order valence-electron chi connectivity index (χ4n) is 3.84. The second kappa shape index (κ2) is 7.97. The van der Waals surface area contributed by atoms with E-state index in [-0.39, 0.29) is 23.0 Å². The lowest BCUT2D eigenvalue weighted by Crippen LogP contribution is -2.13. The van der Waals surface area contributed by atoms with Crippen LogP contribution in [0.25, 0.3) is 5.57 Å². The number of rotatable bonds is 6. The quantitative estimate of drug-likeness (QED) is 0.726. The third kappa shape index (κ3) is 4.39. The molecule has 28 heavy (non-hydrogen) atoms. The van der Waals surface area contributed by atoms with Gasteiger partial charge in [0.15, 0.2) is 11.1 Å². The van der Waals surface area contributed by atoms with Gasteiger partial charge in [-0.3, -0.25) is 9.59 Å². The van der Waals surface area contributed by atoms with Crippen LogP contribution in [0.5, 0.6) is 0 Å². The fourth-order valence-corrected chi connectivity index (χ4v) is 4.32. The Morgan fingerprint density at radius 1 is 1.11 bits per heavy atom. The largest absolute Gasteiger partial charge is 0.322 e. The summed E-state index contributed by atoms with van der Waals surface area (Å²) in [7, 11) is 0. The van der Waals surface area contributed by atoms with E-state index in [0.29, 0.717) is 18.8 Å². The molecule has 0 bridgehead atoms. The maximum Gasteiger partial charge on any atom is 0.251 e. The minimum Gasteiger partial charge on any atom is -0.322 e. The Kier molecular flexibility index (Phi) is 5.42. The molecular formula is C22H23NO4S. The standard InChI is InChI=1S/C22H23NO4S/c24-18-8-3-15(11-18)12-20(17-4-1-14(2-5-17)13-28(26)27)21-10-9-19(16-6-7-16)22(25)23-21/h1-2,4-5,9-10,12,15-16H,3,6-8,11,13H2,(H,23,25)(H,26,27)/b20-12+/t15-/m0/s1. The highest BCUT2D eigenvalue weighted by Crippen LogP contribution is 2.38. The van der Waals surface area contributed by atoms with Crippen molar-refractivity contribution in [3.8, 4) is 0 Å². The zero-order chi connectivity index (χ0) is 19.7. The first kappa shape index (κ1) is 19.0. The van der Waals surface area contributed by atoms with Crippen LogP contribution in [0.1, 0.15) is 60.4 Å². The fraction of sp³-hybridized carbons (Fsp3) is 0.364. The molecule has 2 atom stereocenters. The Bertz CT molecular complexity index is 1000. The molecule has 0 saturated heterocycles. The molecule has 5 nitrogen and oxygen atoms in total. The van der Waals surface area contributed by atoms with Crippen LogP contribution in [0.3, 0.4) is 0 Å². The number of carbonyl (C=O) groups excluding carboxylic acids is 1. The molecule has 2 aliphatic carbocycles. The van der Waals surface area contributed by atoms with Gasteiger partial charge in [0.1, 0.15) is 5.78 Å². The van der Waals surface area contributed by atoms with Crippen LogP contribution in [0, 0.1) is 5.92 Å². The van der Waals surface area contributed by atoms with E-state index in [4.69, 9.17) is 4.55 Å². The third-order valence-electron chi connectivity index (χ3n) is 5.49. The summed E-state index contributed by atoms with van der Waals surface area (Å²) in [6.45, 7) is 0. The number of benzene rings is 1. The molecule has 146 valence electrons. The van der Waals surface area contributed by atoms with Gasteiger partial charge in [-0.15, -0.1) is 0 Å².